The number of aliphatic hydroxyl groups is 3. The summed E-state index contributed by atoms with van der Waals surface area (Å²) in [7, 11) is 0. The Morgan fingerprint density at radius 2 is 1.92 bits per heavy atom. The fourth-order valence-corrected chi connectivity index (χ4v) is 5.13. The van der Waals surface area contributed by atoms with Gasteiger partial charge in [0.1, 0.15) is 18.3 Å². The van der Waals surface area contributed by atoms with Crippen LogP contribution in [-0.4, -0.2) is 52.1 Å². The number of aliphatic hydroxyl groups excluding tert-OH is 3. The molecule has 1 saturated heterocycles. The third-order valence-electron chi connectivity index (χ3n) is 7.02. The molecule has 3 N–H and O–H groups in total. The largest absolute Gasteiger partial charge is 0.388 e. The molecule has 3 fully saturated rings. The topological polar surface area (TPSA) is 79.2 Å². The number of fused-ring (bicyclic) bond motifs is 1. The molecule has 5 nitrogen and oxygen atoms in total. The highest BCUT2D eigenvalue weighted by molar-refractivity contribution is 5.13. The van der Waals surface area contributed by atoms with Crippen LogP contribution in [0.1, 0.15) is 59.3 Å². The van der Waals surface area contributed by atoms with Gasteiger partial charge in [-0.15, -0.1) is 0 Å². The Morgan fingerprint density at radius 1 is 1.20 bits per heavy atom. The monoisotopic (exact) mass is 354 g/mol. The molecule has 0 aromatic carbocycles. The summed E-state index contributed by atoms with van der Waals surface area (Å²) in [6.45, 7) is 10.8. The zero-order valence-electron chi connectivity index (χ0n) is 15.8. The van der Waals surface area contributed by atoms with Gasteiger partial charge in [0.25, 0.3) is 0 Å². The quantitative estimate of drug-likeness (QED) is 0.678. The van der Waals surface area contributed by atoms with Gasteiger partial charge in [0.05, 0.1) is 12.2 Å². The first-order valence-electron chi connectivity index (χ1n) is 9.65. The number of allylic oxidation sites excluding steroid dienone is 1. The van der Waals surface area contributed by atoms with Crippen molar-refractivity contribution in [2.75, 3.05) is 6.61 Å². The summed E-state index contributed by atoms with van der Waals surface area (Å²) < 4.78 is 11.6. The van der Waals surface area contributed by atoms with E-state index >= 15 is 0 Å². The number of hydrogen-bond acceptors (Lipinski definition) is 5. The van der Waals surface area contributed by atoms with Crippen molar-refractivity contribution in [1.29, 1.82) is 0 Å². The molecule has 3 rings (SSSR count). The summed E-state index contributed by atoms with van der Waals surface area (Å²) in [5.74, 6) is 0.882. The lowest BCUT2D eigenvalue weighted by molar-refractivity contribution is -0.305. The summed E-state index contributed by atoms with van der Waals surface area (Å²) in [5, 5.41) is 29.6. The molecule has 1 heterocycles. The van der Waals surface area contributed by atoms with Crippen LogP contribution < -0.4 is 0 Å². The van der Waals surface area contributed by atoms with Crippen molar-refractivity contribution in [2.45, 2.75) is 89.5 Å². The van der Waals surface area contributed by atoms with Gasteiger partial charge in [0.2, 0.25) is 0 Å². The average Bonchev–Trinajstić information content (AvgIpc) is 2.55. The molecular weight excluding hydrogens is 320 g/mol. The van der Waals surface area contributed by atoms with Gasteiger partial charge in [-0.2, -0.15) is 0 Å². The van der Waals surface area contributed by atoms with E-state index < -0.39 is 30.2 Å². The molecule has 2 saturated carbocycles. The molecule has 5 heteroatoms. The maximum atomic E-state index is 10.2. The predicted octanol–water partition coefficient (Wildman–Crippen LogP) is 2.38. The summed E-state index contributed by atoms with van der Waals surface area (Å²) in [6, 6.07) is 0. The van der Waals surface area contributed by atoms with Gasteiger partial charge in [-0.3, -0.25) is 0 Å². The number of ether oxygens (including phenoxy) is 2. The van der Waals surface area contributed by atoms with Crippen molar-refractivity contribution in [3.05, 3.63) is 12.2 Å². The maximum absolute atomic E-state index is 10.2. The maximum Gasteiger partial charge on any atom is 0.186 e. The van der Waals surface area contributed by atoms with Crippen LogP contribution in [0, 0.1) is 17.3 Å². The normalized spacial score (nSPS) is 45.9. The fourth-order valence-electron chi connectivity index (χ4n) is 5.13. The van der Waals surface area contributed by atoms with Crippen molar-refractivity contribution in [3.8, 4) is 0 Å². The zero-order valence-corrected chi connectivity index (χ0v) is 15.8. The molecule has 2 aliphatic carbocycles. The van der Waals surface area contributed by atoms with E-state index in [9.17, 15) is 15.3 Å². The SMILES string of the molecule is C=C1CCC[C@]2(C)CC[C@@H](C(C)(C)O[C@H]3OC[C@@H](O)[C@@H](O)[C@@H]3O)C[C@H]12. The second-order valence-corrected chi connectivity index (χ2v) is 9.16. The smallest absolute Gasteiger partial charge is 0.186 e. The Bertz CT molecular complexity index is 504. The van der Waals surface area contributed by atoms with E-state index in [1.807, 2.05) is 13.8 Å². The lowest BCUT2D eigenvalue weighted by atomic mass is 9.55. The average molecular weight is 354 g/mol. The van der Waals surface area contributed by atoms with Gasteiger partial charge in [0, 0.05) is 0 Å². The lowest BCUT2D eigenvalue weighted by Gasteiger charge is -2.52. The molecule has 0 bridgehead atoms. The molecule has 0 radical (unpaired) electrons. The molecular formula is C20H34O5. The van der Waals surface area contributed by atoms with Crippen LogP contribution in [0.2, 0.25) is 0 Å². The third-order valence-corrected chi connectivity index (χ3v) is 7.02. The number of hydrogen-bond donors (Lipinski definition) is 3. The second kappa shape index (κ2) is 6.93. The van der Waals surface area contributed by atoms with Gasteiger partial charge in [-0.05, 0) is 69.6 Å². The molecule has 0 spiro atoms. The summed E-state index contributed by atoms with van der Waals surface area (Å²) in [6.07, 6.45) is 2.51. The van der Waals surface area contributed by atoms with Crippen LogP contribution in [0.4, 0.5) is 0 Å². The Balaban J connectivity index is 1.67. The van der Waals surface area contributed by atoms with E-state index in [0.717, 1.165) is 19.3 Å². The molecule has 25 heavy (non-hydrogen) atoms. The minimum atomic E-state index is -1.23. The number of rotatable bonds is 3. The summed E-state index contributed by atoms with van der Waals surface area (Å²) in [5.41, 5.74) is 1.26. The third kappa shape index (κ3) is 3.67. The van der Waals surface area contributed by atoms with Crippen LogP contribution in [0.3, 0.4) is 0 Å². The van der Waals surface area contributed by atoms with Crippen LogP contribution >= 0.6 is 0 Å². The van der Waals surface area contributed by atoms with Crippen molar-refractivity contribution in [2.24, 2.45) is 17.3 Å². The predicted molar refractivity (Wildman–Crippen MR) is 94.9 cm³/mol. The van der Waals surface area contributed by atoms with E-state index in [4.69, 9.17) is 9.47 Å². The highest BCUT2D eigenvalue weighted by atomic mass is 16.7. The van der Waals surface area contributed by atoms with E-state index in [0.29, 0.717) is 17.3 Å². The first-order chi connectivity index (χ1) is 11.6. The molecule has 1 aliphatic heterocycles. The van der Waals surface area contributed by atoms with Crippen LogP contribution in [-0.2, 0) is 9.47 Å². The lowest BCUT2D eigenvalue weighted by Crippen LogP contribution is -2.56. The first kappa shape index (κ1) is 19.3. The minimum Gasteiger partial charge on any atom is -0.388 e. The fraction of sp³-hybridized carbons (Fsp3) is 0.900. The van der Waals surface area contributed by atoms with Crippen LogP contribution in [0.25, 0.3) is 0 Å². The Morgan fingerprint density at radius 3 is 2.64 bits per heavy atom. The van der Waals surface area contributed by atoms with Gasteiger partial charge in [-0.25, -0.2) is 0 Å². The summed E-state index contributed by atoms with van der Waals surface area (Å²) >= 11 is 0. The van der Waals surface area contributed by atoms with Gasteiger partial charge < -0.3 is 24.8 Å². The van der Waals surface area contributed by atoms with E-state index in [2.05, 4.69) is 13.5 Å². The van der Waals surface area contributed by atoms with Gasteiger partial charge in [0.15, 0.2) is 6.29 Å². The van der Waals surface area contributed by atoms with Crippen LogP contribution in [0.5, 0.6) is 0 Å². The van der Waals surface area contributed by atoms with Crippen molar-refractivity contribution < 1.29 is 24.8 Å². The Hall–Kier alpha value is -0.460. The molecule has 3 aliphatic rings. The minimum absolute atomic E-state index is 0.0266. The van der Waals surface area contributed by atoms with Crippen molar-refractivity contribution in [3.63, 3.8) is 0 Å². The van der Waals surface area contributed by atoms with Gasteiger partial charge in [-0.1, -0.05) is 19.1 Å². The second-order valence-electron chi connectivity index (χ2n) is 9.16. The standard InChI is InChI=1S/C20H34O5/c1-12-6-5-8-20(4)9-7-13(10-14(12)20)19(2,3)25-18-17(23)16(22)15(21)11-24-18/h13-18,21-23H,1,5-11H2,2-4H3/t13-,14-,15-,16-,17+,18-,20-/m1/s1. The zero-order chi connectivity index (χ0) is 18.4. The van der Waals surface area contributed by atoms with E-state index in [1.54, 1.807) is 0 Å². The molecule has 0 aromatic rings. The van der Waals surface area contributed by atoms with Gasteiger partial charge >= 0.3 is 0 Å². The molecule has 0 amide bonds. The molecule has 7 atom stereocenters. The molecule has 144 valence electrons. The van der Waals surface area contributed by atoms with Crippen LogP contribution in [0.15, 0.2) is 12.2 Å². The molecule has 0 unspecified atom stereocenters. The summed E-state index contributed by atoms with van der Waals surface area (Å²) in [4.78, 5) is 0. The highest BCUT2D eigenvalue weighted by Gasteiger charge is 2.48. The Labute approximate surface area is 151 Å². The van der Waals surface area contributed by atoms with E-state index in [-0.39, 0.29) is 6.61 Å². The Kier molecular flexibility index (Phi) is 5.35. The van der Waals surface area contributed by atoms with Crippen molar-refractivity contribution in [1.82, 2.24) is 0 Å². The first-order valence-corrected chi connectivity index (χ1v) is 9.65. The highest BCUT2D eigenvalue weighted by Crippen LogP contribution is 2.55. The molecule has 0 aromatic heterocycles. The van der Waals surface area contributed by atoms with E-state index in [1.165, 1.54) is 24.8 Å². The van der Waals surface area contributed by atoms with Crippen molar-refractivity contribution >= 4 is 0 Å².